The Bertz CT molecular complexity index is 317. The van der Waals surface area contributed by atoms with Gasteiger partial charge in [-0.2, -0.15) is 0 Å². The molecule has 2 fully saturated rings. The highest BCUT2D eigenvalue weighted by Crippen LogP contribution is 2.35. The van der Waals surface area contributed by atoms with Crippen molar-refractivity contribution in [3.8, 4) is 0 Å². The van der Waals surface area contributed by atoms with E-state index in [1.807, 2.05) is 0 Å². The predicted molar refractivity (Wildman–Crippen MR) is 76.1 cm³/mol. The summed E-state index contributed by atoms with van der Waals surface area (Å²) < 4.78 is 40.6. The molecule has 0 aromatic carbocycles. The number of hydrogen-bond acceptors (Lipinski definition) is 3. The van der Waals surface area contributed by atoms with Crippen LogP contribution in [0.3, 0.4) is 0 Å². The van der Waals surface area contributed by atoms with Gasteiger partial charge in [0.2, 0.25) is 0 Å². The molecule has 1 aliphatic heterocycles. The monoisotopic (exact) mass is 308 g/mol. The number of ether oxygens (including phenoxy) is 1. The van der Waals surface area contributed by atoms with Gasteiger partial charge in [-0.15, -0.1) is 13.2 Å². The highest BCUT2D eigenvalue weighted by atomic mass is 19.4. The number of nitrogens with one attached hydrogen (secondary N) is 1. The van der Waals surface area contributed by atoms with Crippen molar-refractivity contribution >= 4 is 0 Å². The fraction of sp³-hybridized carbons (Fsp3) is 1.00. The summed E-state index contributed by atoms with van der Waals surface area (Å²) in [5.74, 6) is 0. The summed E-state index contributed by atoms with van der Waals surface area (Å²) in [6.07, 6.45) is 3.43. The van der Waals surface area contributed by atoms with E-state index in [1.165, 1.54) is 19.3 Å². The van der Waals surface area contributed by atoms with Gasteiger partial charge in [0.05, 0.1) is 6.61 Å². The third-order valence-electron chi connectivity index (χ3n) is 4.88. The molecule has 2 aliphatic rings. The van der Waals surface area contributed by atoms with Crippen LogP contribution in [0, 0.1) is 0 Å². The predicted octanol–water partition coefficient (Wildman–Crippen LogP) is 3.30. The lowest BCUT2D eigenvalue weighted by atomic mass is 9.78. The van der Waals surface area contributed by atoms with Gasteiger partial charge >= 0.3 is 6.36 Å². The van der Waals surface area contributed by atoms with Gasteiger partial charge in [-0.3, -0.25) is 9.64 Å². The number of nitrogens with zero attached hydrogens (tertiary/aromatic N) is 1. The van der Waals surface area contributed by atoms with E-state index in [4.69, 9.17) is 0 Å². The Balaban J connectivity index is 1.95. The van der Waals surface area contributed by atoms with Gasteiger partial charge in [0.1, 0.15) is 0 Å². The van der Waals surface area contributed by atoms with Crippen molar-refractivity contribution in [1.29, 1.82) is 0 Å². The van der Waals surface area contributed by atoms with Crippen LogP contribution in [0.25, 0.3) is 0 Å². The Hall–Kier alpha value is -0.330. The normalized spacial score (nSPS) is 27.1. The molecule has 0 aromatic rings. The summed E-state index contributed by atoms with van der Waals surface area (Å²) in [5.41, 5.74) is 0.0530. The average Bonchev–Trinajstić information content (AvgIpc) is 2.43. The molecule has 1 aliphatic carbocycles. The zero-order valence-corrected chi connectivity index (χ0v) is 12.8. The van der Waals surface area contributed by atoms with Crippen molar-refractivity contribution in [2.45, 2.75) is 69.8 Å². The highest BCUT2D eigenvalue weighted by molar-refractivity contribution is 5.00. The second-order valence-corrected chi connectivity index (χ2v) is 6.39. The summed E-state index contributed by atoms with van der Waals surface area (Å²) in [6, 6.07) is 0.397. The maximum atomic E-state index is 12.2. The van der Waals surface area contributed by atoms with E-state index in [0.717, 1.165) is 38.8 Å². The van der Waals surface area contributed by atoms with Crippen LogP contribution in [0.4, 0.5) is 13.2 Å². The van der Waals surface area contributed by atoms with E-state index >= 15 is 0 Å². The molecule has 6 heteroatoms. The first-order valence-electron chi connectivity index (χ1n) is 8.14. The summed E-state index contributed by atoms with van der Waals surface area (Å²) in [6.45, 7) is 4.01. The van der Waals surface area contributed by atoms with Crippen LogP contribution in [0.5, 0.6) is 0 Å². The number of halogens is 3. The zero-order chi connectivity index (χ0) is 15.3. The Morgan fingerprint density at radius 3 is 2.57 bits per heavy atom. The molecule has 1 atom stereocenters. The number of piperazine rings is 1. The van der Waals surface area contributed by atoms with E-state index in [0.29, 0.717) is 12.6 Å². The van der Waals surface area contributed by atoms with Crippen LogP contribution in [0.1, 0.15) is 51.9 Å². The van der Waals surface area contributed by atoms with Crippen LogP contribution < -0.4 is 5.32 Å². The highest BCUT2D eigenvalue weighted by Gasteiger charge is 2.42. The first-order valence-corrected chi connectivity index (χ1v) is 8.14. The lowest BCUT2D eigenvalue weighted by Gasteiger charge is -2.52. The average molecular weight is 308 g/mol. The van der Waals surface area contributed by atoms with Gasteiger partial charge in [-0.05, 0) is 19.3 Å². The van der Waals surface area contributed by atoms with E-state index in [2.05, 4.69) is 21.9 Å². The van der Waals surface area contributed by atoms with Crippen LogP contribution in [-0.4, -0.2) is 49.1 Å². The molecule has 3 nitrogen and oxygen atoms in total. The van der Waals surface area contributed by atoms with Gasteiger partial charge in [0.25, 0.3) is 0 Å². The molecular weight excluding hydrogens is 281 g/mol. The number of hydrogen-bond donors (Lipinski definition) is 1. The quantitative estimate of drug-likeness (QED) is 0.843. The zero-order valence-electron chi connectivity index (χ0n) is 12.8. The molecule has 1 saturated carbocycles. The van der Waals surface area contributed by atoms with E-state index < -0.39 is 6.36 Å². The smallest absolute Gasteiger partial charge is 0.311 e. The third kappa shape index (κ3) is 4.83. The molecule has 0 bridgehead atoms. The fourth-order valence-electron chi connectivity index (χ4n) is 3.82. The van der Waals surface area contributed by atoms with Gasteiger partial charge < -0.3 is 5.32 Å². The molecule has 1 N–H and O–H groups in total. The van der Waals surface area contributed by atoms with Crippen molar-refractivity contribution in [1.82, 2.24) is 10.2 Å². The van der Waals surface area contributed by atoms with Gasteiger partial charge in [0, 0.05) is 31.2 Å². The molecule has 124 valence electrons. The number of alkyl halides is 3. The molecule has 1 saturated heterocycles. The van der Waals surface area contributed by atoms with Crippen LogP contribution >= 0.6 is 0 Å². The topological polar surface area (TPSA) is 24.5 Å². The van der Waals surface area contributed by atoms with E-state index in [1.54, 1.807) is 0 Å². The summed E-state index contributed by atoms with van der Waals surface area (Å²) in [7, 11) is 0. The second-order valence-electron chi connectivity index (χ2n) is 6.39. The minimum absolute atomic E-state index is 0.0530. The van der Waals surface area contributed by atoms with Gasteiger partial charge in [0.15, 0.2) is 0 Å². The van der Waals surface area contributed by atoms with Gasteiger partial charge in [-0.1, -0.05) is 32.6 Å². The van der Waals surface area contributed by atoms with Crippen molar-refractivity contribution in [2.75, 3.05) is 26.2 Å². The second kappa shape index (κ2) is 7.29. The SMILES string of the molecule is CCCC1CN(CCOC(F)(F)F)C2(CCCCC2)CN1. The molecule has 1 unspecified atom stereocenters. The Morgan fingerprint density at radius 2 is 1.95 bits per heavy atom. The summed E-state index contributed by atoms with van der Waals surface area (Å²) in [5, 5.41) is 3.61. The maximum Gasteiger partial charge on any atom is 0.522 e. The third-order valence-corrected chi connectivity index (χ3v) is 4.88. The molecule has 1 spiro atoms. The minimum atomic E-state index is -4.52. The molecular formula is C15H27F3N2O. The molecule has 0 radical (unpaired) electrons. The van der Waals surface area contributed by atoms with Crippen LogP contribution in [0.15, 0.2) is 0 Å². The van der Waals surface area contributed by atoms with Crippen LogP contribution in [0.2, 0.25) is 0 Å². The fourth-order valence-corrected chi connectivity index (χ4v) is 3.82. The van der Waals surface area contributed by atoms with Crippen molar-refractivity contribution in [3.63, 3.8) is 0 Å². The summed E-state index contributed by atoms with van der Waals surface area (Å²) in [4.78, 5) is 2.27. The largest absolute Gasteiger partial charge is 0.522 e. The molecule has 2 rings (SSSR count). The Morgan fingerprint density at radius 1 is 1.24 bits per heavy atom. The summed E-state index contributed by atoms with van der Waals surface area (Å²) >= 11 is 0. The molecule has 21 heavy (non-hydrogen) atoms. The first-order chi connectivity index (χ1) is 9.95. The van der Waals surface area contributed by atoms with Crippen molar-refractivity contribution < 1.29 is 17.9 Å². The Kier molecular flexibility index (Phi) is 5.91. The maximum absolute atomic E-state index is 12.2. The van der Waals surface area contributed by atoms with E-state index in [9.17, 15) is 13.2 Å². The van der Waals surface area contributed by atoms with Gasteiger partial charge in [-0.25, -0.2) is 0 Å². The lowest BCUT2D eigenvalue weighted by molar-refractivity contribution is -0.325. The standard InChI is InChI=1S/C15H27F3N2O/c1-2-6-13-11-20(9-10-21-15(16,17)18)14(12-19-13)7-4-3-5-8-14/h13,19H,2-12H2,1H3. The van der Waals surface area contributed by atoms with Crippen molar-refractivity contribution in [2.24, 2.45) is 0 Å². The lowest BCUT2D eigenvalue weighted by Crippen LogP contribution is -2.65. The minimum Gasteiger partial charge on any atom is -0.311 e. The first kappa shape index (κ1) is 17.0. The Labute approximate surface area is 125 Å². The van der Waals surface area contributed by atoms with Crippen LogP contribution in [-0.2, 0) is 4.74 Å². The molecule has 0 aromatic heterocycles. The molecule has 1 heterocycles. The number of rotatable bonds is 5. The molecule has 0 amide bonds. The van der Waals surface area contributed by atoms with Crippen molar-refractivity contribution in [3.05, 3.63) is 0 Å². The van der Waals surface area contributed by atoms with E-state index in [-0.39, 0.29) is 12.1 Å².